The van der Waals surface area contributed by atoms with Crippen molar-refractivity contribution in [3.8, 4) is 5.75 Å². The van der Waals surface area contributed by atoms with Gasteiger partial charge in [0.15, 0.2) is 6.61 Å². The molecule has 7 nitrogen and oxygen atoms in total. The molecule has 0 radical (unpaired) electrons. The predicted octanol–water partition coefficient (Wildman–Crippen LogP) is 2.12. The maximum atomic E-state index is 13.5. The Morgan fingerprint density at radius 1 is 1.54 bits per heavy atom. The summed E-state index contributed by atoms with van der Waals surface area (Å²) in [7, 11) is 0. The van der Waals surface area contributed by atoms with E-state index in [2.05, 4.69) is 6.92 Å². The van der Waals surface area contributed by atoms with E-state index in [0.717, 1.165) is 25.0 Å². The van der Waals surface area contributed by atoms with Gasteiger partial charge in [-0.15, -0.1) is 12.4 Å². The number of nitrogens with zero attached hydrogens (tertiary/aromatic N) is 2. The van der Waals surface area contributed by atoms with Crippen LogP contribution >= 0.6 is 12.4 Å². The van der Waals surface area contributed by atoms with Crippen LogP contribution < -0.4 is 10.5 Å². The van der Waals surface area contributed by atoms with Gasteiger partial charge in [-0.3, -0.25) is 14.9 Å². The minimum Gasteiger partial charge on any atom is -0.484 e. The third-order valence-electron chi connectivity index (χ3n) is 4.05. The van der Waals surface area contributed by atoms with Crippen molar-refractivity contribution < 1.29 is 18.8 Å². The van der Waals surface area contributed by atoms with Gasteiger partial charge in [0.05, 0.1) is 4.92 Å². The lowest BCUT2D eigenvalue weighted by Crippen LogP contribution is -2.50. The van der Waals surface area contributed by atoms with E-state index in [0.29, 0.717) is 19.0 Å². The molecule has 2 atom stereocenters. The molecular formula is C15H21ClFN3O4. The second-order valence-electron chi connectivity index (χ2n) is 5.77. The summed E-state index contributed by atoms with van der Waals surface area (Å²) in [5, 5.41) is 10.6. The summed E-state index contributed by atoms with van der Waals surface area (Å²) in [5.74, 6) is -0.605. The lowest BCUT2D eigenvalue weighted by atomic mass is 9.92. The van der Waals surface area contributed by atoms with Crippen molar-refractivity contribution in [1.82, 2.24) is 4.90 Å². The van der Waals surface area contributed by atoms with Gasteiger partial charge >= 0.3 is 5.69 Å². The van der Waals surface area contributed by atoms with Gasteiger partial charge in [-0.25, -0.2) is 0 Å². The molecule has 1 aromatic rings. The van der Waals surface area contributed by atoms with Crippen molar-refractivity contribution in [3.05, 3.63) is 34.1 Å². The van der Waals surface area contributed by atoms with Crippen molar-refractivity contribution in [3.63, 3.8) is 0 Å². The summed E-state index contributed by atoms with van der Waals surface area (Å²) in [5.41, 5.74) is 5.09. The van der Waals surface area contributed by atoms with Crippen LogP contribution in [-0.2, 0) is 4.79 Å². The highest BCUT2D eigenvalue weighted by molar-refractivity contribution is 5.85. The van der Waals surface area contributed by atoms with Crippen molar-refractivity contribution in [2.45, 2.75) is 25.8 Å². The highest BCUT2D eigenvalue weighted by Crippen LogP contribution is 2.24. The molecule has 0 aromatic heterocycles. The van der Waals surface area contributed by atoms with E-state index in [9.17, 15) is 19.3 Å². The predicted molar refractivity (Wildman–Crippen MR) is 88.8 cm³/mol. The highest BCUT2D eigenvalue weighted by atomic mass is 35.5. The maximum Gasteiger partial charge on any atom is 0.305 e. The van der Waals surface area contributed by atoms with Crippen LogP contribution in [0.3, 0.4) is 0 Å². The van der Waals surface area contributed by atoms with Gasteiger partial charge in [0, 0.05) is 31.3 Å². The van der Waals surface area contributed by atoms with Crippen LogP contribution in [0.2, 0.25) is 0 Å². The van der Waals surface area contributed by atoms with E-state index in [1.807, 2.05) is 0 Å². The maximum absolute atomic E-state index is 13.5. The van der Waals surface area contributed by atoms with E-state index >= 15 is 0 Å². The largest absolute Gasteiger partial charge is 0.484 e. The molecule has 1 amide bonds. The number of carbonyl (C=O) groups excluding carboxylic acids is 1. The average Bonchev–Trinajstić information content (AvgIpc) is 2.52. The van der Waals surface area contributed by atoms with E-state index in [1.54, 1.807) is 4.90 Å². The Morgan fingerprint density at radius 2 is 2.25 bits per heavy atom. The van der Waals surface area contributed by atoms with Crippen LogP contribution in [0.1, 0.15) is 19.8 Å². The molecule has 1 aromatic carbocycles. The van der Waals surface area contributed by atoms with Crippen LogP contribution in [0.25, 0.3) is 0 Å². The topological polar surface area (TPSA) is 98.7 Å². The Bertz CT molecular complexity index is 602. The molecule has 2 N–H and O–H groups in total. The quantitative estimate of drug-likeness (QED) is 0.639. The first-order valence-corrected chi connectivity index (χ1v) is 7.48. The zero-order valence-electron chi connectivity index (χ0n) is 13.3. The number of piperidine rings is 1. The van der Waals surface area contributed by atoms with E-state index in [1.165, 1.54) is 6.07 Å². The van der Waals surface area contributed by atoms with Gasteiger partial charge in [0.25, 0.3) is 5.91 Å². The molecule has 2 unspecified atom stereocenters. The molecule has 9 heteroatoms. The summed E-state index contributed by atoms with van der Waals surface area (Å²) in [6.45, 7) is 2.89. The van der Waals surface area contributed by atoms with Crippen molar-refractivity contribution in [2.75, 3.05) is 19.7 Å². The van der Waals surface area contributed by atoms with Crippen molar-refractivity contribution >= 4 is 24.0 Å². The normalized spacial score (nSPS) is 20.2. The Kier molecular flexibility index (Phi) is 7.37. The van der Waals surface area contributed by atoms with Gasteiger partial charge < -0.3 is 15.4 Å². The summed E-state index contributed by atoms with van der Waals surface area (Å²) < 4.78 is 18.8. The van der Waals surface area contributed by atoms with E-state index < -0.39 is 16.4 Å². The summed E-state index contributed by atoms with van der Waals surface area (Å²) in [6, 6.07) is 3.18. The number of carbonyl (C=O) groups is 1. The molecule has 1 saturated heterocycles. The standard InChI is InChI=1S/C15H20FN3O4.ClH/c1-10-4-5-18(11(6-10)8-17)15(20)9-23-12-2-3-14(19(21)22)13(16)7-12;/h2-3,7,10-11H,4-6,8-9,17H2,1H3;1H. The number of ether oxygens (including phenoxy) is 1. The number of nitro groups is 1. The number of likely N-dealkylation sites (tertiary alicyclic amines) is 1. The average molecular weight is 362 g/mol. The molecule has 2 rings (SSSR count). The minimum absolute atomic E-state index is 0. The molecule has 0 bridgehead atoms. The molecule has 1 aliphatic heterocycles. The number of rotatable bonds is 5. The number of halogens is 2. The van der Waals surface area contributed by atoms with E-state index in [-0.39, 0.29) is 36.7 Å². The Hall–Kier alpha value is -1.93. The molecule has 0 saturated carbocycles. The fourth-order valence-electron chi connectivity index (χ4n) is 2.76. The molecular weight excluding hydrogens is 341 g/mol. The number of benzene rings is 1. The third kappa shape index (κ3) is 4.78. The first-order chi connectivity index (χ1) is 10.9. The Balaban J connectivity index is 0.00000288. The molecule has 24 heavy (non-hydrogen) atoms. The molecule has 0 spiro atoms. The summed E-state index contributed by atoms with van der Waals surface area (Å²) in [4.78, 5) is 23.7. The SMILES string of the molecule is CC1CCN(C(=O)COc2ccc([N+](=O)[O-])c(F)c2)C(CN)C1.Cl. The van der Waals surface area contributed by atoms with Gasteiger partial charge in [0.2, 0.25) is 5.82 Å². The van der Waals surface area contributed by atoms with Crippen LogP contribution in [0.4, 0.5) is 10.1 Å². The number of hydrogen-bond acceptors (Lipinski definition) is 5. The Labute approximate surface area is 145 Å². The number of nitrogens with two attached hydrogens (primary N) is 1. The number of amides is 1. The van der Waals surface area contributed by atoms with Crippen LogP contribution in [0.5, 0.6) is 5.75 Å². The van der Waals surface area contributed by atoms with Crippen LogP contribution in [-0.4, -0.2) is 41.5 Å². The summed E-state index contributed by atoms with van der Waals surface area (Å²) >= 11 is 0. The molecule has 1 heterocycles. The number of nitro benzene ring substituents is 1. The molecule has 134 valence electrons. The smallest absolute Gasteiger partial charge is 0.305 e. The summed E-state index contributed by atoms with van der Waals surface area (Å²) in [6.07, 6.45) is 1.77. The fourth-order valence-corrected chi connectivity index (χ4v) is 2.76. The van der Waals surface area contributed by atoms with Gasteiger partial charge in [-0.1, -0.05) is 6.92 Å². The molecule has 1 fully saturated rings. The second-order valence-corrected chi connectivity index (χ2v) is 5.77. The first kappa shape index (κ1) is 20.1. The van der Waals surface area contributed by atoms with Gasteiger partial charge in [0.1, 0.15) is 5.75 Å². The van der Waals surface area contributed by atoms with Crippen LogP contribution in [0, 0.1) is 21.8 Å². The molecule has 0 aliphatic carbocycles. The lowest BCUT2D eigenvalue weighted by Gasteiger charge is -2.37. The molecule has 1 aliphatic rings. The number of hydrogen-bond donors (Lipinski definition) is 1. The van der Waals surface area contributed by atoms with E-state index in [4.69, 9.17) is 10.5 Å². The van der Waals surface area contributed by atoms with Crippen LogP contribution in [0.15, 0.2) is 18.2 Å². The zero-order chi connectivity index (χ0) is 17.0. The fraction of sp³-hybridized carbons (Fsp3) is 0.533. The Morgan fingerprint density at radius 3 is 2.83 bits per heavy atom. The zero-order valence-corrected chi connectivity index (χ0v) is 14.1. The highest BCUT2D eigenvalue weighted by Gasteiger charge is 2.29. The second kappa shape index (κ2) is 8.79. The lowest BCUT2D eigenvalue weighted by molar-refractivity contribution is -0.387. The van der Waals surface area contributed by atoms with Crippen molar-refractivity contribution in [2.24, 2.45) is 11.7 Å². The van der Waals surface area contributed by atoms with Gasteiger partial charge in [-0.05, 0) is 24.8 Å². The third-order valence-corrected chi connectivity index (χ3v) is 4.05. The van der Waals surface area contributed by atoms with Crippen molar-refractivity contribution in [1.29, 1.82) is 0 Å². The monoisotopic (exact) mass is 361 g/mol. The minimum atomic E-state index is -0.994. The first-order valence-electron chi connectivity index (χ1n) is 7.48. The van der Waals surface area contributed by atoms with Gasteiger partial charge in [-0.2, -0.15) is 4.39 Å².